The van der Waals surface area contributed by atoms with Crippen molar-refractivity contribution < 1.29 is 4.74 Å². The van der Waals surface area contributed by atoms with Crippen LogP contribution in [0.2, 0.25) is 0 Å². The molecule has 1 rings (SSSR count). The smallest absolute Gasteiger partial charge is 0.119 e. The average molecular weight is 349 g/mol. The molecule has 0 atom stereocenters. The molecule has 0 aromatic heterocycles. The van der Waals surface area contributed by atoms with Crippen LogP contribution in [0.15, 0.2) is 24.3 Å². The quantitative estimate of drug-likeness (QED) is 0.338. The molecular formula is C22H40N2O. The van der Waals surface area contributed by atoms with Crippen LogP contribution in [0.25, 0.3) is 0 Å². The number of hydrogen-bond donors (Lipinski definition) is 2. The molecule has 0 unspecified atom stereocenters. The second kappa shape index (κ2) is 16.3. The minimum absolute atomic E-state index is 0.832. The summed E-state index contributed by atoms with van der Waals surface area (Å²) in [6.07, 6.45) is 13.1. The molecule has 0 bridgehead atoms. The summed E-state index contributed by atoms with van der Waals surface area (Å²) in [5, 5.41) is 6.96. The first kappa shape index (κ1) is 21.8. The van der Waals surface area contributed by atoms with Gasteiger partial charge in [-0.05, 0) is 43.7 Å². The summed E-state index contributed by atoms with van der Waals surface area (Å²) < 4.78 is 5.80. The zero-order valence-electron chi connectivity index (χ0n) is 16.6. The van der Waals surface area contributed by atoms with Gasteiger partial charge in [0.05, 0.1) is 6.61 Å². The van der Waals surface area contributed by atoms with E-state index in [1.54, 1.807) is 0 Å². The molecule has 0 fully saturated rings. The third kappa shape index (κ3) is 12.7. The molecule has 144 valence electrons. The van der Waals surface area contributed by atoms with Crippen LogP contribution in [0.1, 0.15) is 78.1 Å². The predicted molar refractivity (Wildman–Crippen MR) is 111 cm³/mol. The minimum Gasteiger partial charge on any atom is -0.494 e. The number of ether oxygens (including phenoxy) is 1. The predicted octanol–water partition coefficient (Wildman–Crippen LogP) is 6.01. The van der Waals surface area contributed by atoms with Gasteiger partial charge in [0.1, 0.15) is 5.75 Å². The van der Waals surface area contributed by atoms with E-state index in [1.165, 1.54) is 63.5 Å². The van der Waals surface area contributed by atoms with Crippen LogP contribution >= 0.6 is 0 Å². The van der Waals surface area contributed by atoms with E-state index in [0.717, 1.165) is 38.4 Å². The fourth-order valence-electron chi connectivity index (χ4n) is 2.84. The molecule has 1 aromatic carbocycles. The second-order valence-electron chi connectivity index (χ2n) is 6.88. The lowest BCUT2D eigenvalue weighted by Gasteiger charge is -2.10. The van der Waals surface area contributed by atoms with E-state index in [1.807, 2.05) is 0 Å². The van der Waals surface area contributed by atoms with Crippen LogP contribution in [0.4, 0.5) is 5.69 Å². The highest BCUT2D eigenvalue weighted by molar-refractivity contribution is 5.46. The van der Waals surface area contributed by atoms with Gasteiger partial charge in [-0.1, -0.05) is 65.2 Å². The SMILES string of the molecule is CCCCCCCNCCNc1ccc(OCCCCCCC)cc1. The minimum atomic E-state index is 0.832. The van der Waals surface area contributed by atoms with Gasteiger partial charge in [0.25, 0.3) is 0 Å². The Hall–Kier alpha value is -1.22. The Balaban J connectivity index is 1.99. The van der Waals surface area contributed by atoms with Crippen LogP contribution in [0.5, 0.6) is 5.75 Å². The molecule has 25 heavy (non-hydrogen) atoms. The molecule has 0 aliphatic carbocycles. The summed E-state index contributed by atoms with van der Waals surface area (Å²) in [7, 11) is 0. The van der Waals surface area contributed by atoms with Crippen molar-refractivity contribution in [3.8, 4) is 5.75 Å². The van der Waals surface area contributed by atoms with Crippen molar-refractivity contribution in [3.63, 3.8) is 0 Å². The topological polar surface area (TPSA) is 33.3 Å². The van der Waals surface area contributed by atoms with Gasteiger partial charge < -0.3 is 15.4 Å². The number of nitrogens with one attached hydrogen (secondary N) is 2. The Morgan fingerprint density at radius 2 is 1.32 bits per heavy atom. The molecule has 0 aliphatic rings. The second-order valence-corrected chi connectivity index (χ2v) is 6.88. The molecule has 0 amide bonds. The third-order valence-corrected chi connectivity index (χ3v) is 4.46. The first-order valence-electron chi connectivity index (χ1n) is 10.5. The number of benzene rings is 1. The molecule has 0 spiro atoms. The van der Waals surface area contributed by atoms with E-state index in [2.05, 4.69) is 48.7 Å². The maximum Gasteiger partial charge on any atom is 0.119 e. The molecule has 0 saturated heterocycles. The van der Waals surface area contributed by atoms with Gasteiger partial charge >= 0.3 is 0 Å². The van der Waals surface area contributed by atoms with Gasteiger partial charge in [0, 0.05) is 18.8 Å². The lowest BCUT2D eigenvalue weighted by atomic mass is 10.1. The third-order valence-electron chi connectivity index (χ3n) is 4.46. The molecule has 0 saturated carbocycles. The number of unbranched alkanes of at least 4 members (excludes halogenated alkanes) is 8. The van der Waals surface area contributed by atoms with Crippen molar-refractivity contribution in [3.05, 3.63) is 24.3 Å². The van der Waals surface area contributed by atoms with Crippen LogP contribution in [-0.2, 0) is 0 Å². The van der Waals surface area contributed by atoms with Crippen molar-refractivity contribution >= 4 is 5.69 Å². The fraction of sp³-hybridized carbons (Fsp3) is 0.727. The van der Waals surface area contributed by atoms with E-state index >= 15 is 0 Å². The van der Waals surface area contributed by atoms with E-state index in [9.17, 15) is 0 Å². The first-order valence-corrected chi connectivity index (χ1v) is 10.5. The summed E-state index contributed by atoms with van der Waals surface area (Å²) in [4.78, 5) is 0. The average Bonchev–Trinajstić information content (AvgIpc) is 2.64. The number of rotatable bonds is 17. The Morgan fingerprint density at radius 3 is 2.00 bits per heavy atom. The molecule has 0 aliphatic heterocycles. The van der Waals surface area contributed by atoms with Gasteiger partial charge in [-0.25, -0.2) is 0 Å². The summed E-state index contributed by atoms with van der Waals surface area (Å²) in [5.41, 5.74) is 1.17. The standard InChI is InChI=1S/C22H40N2O/c1-3-5-7-9-11-17-23-18-19-24-21-13-15-22(16-14-21)25-20-12-10-8-6-4-2/h13-16,23-24H,3-12,17-20H2,1-2H3. The molecule has 0 radical (unpaired) electrons. The maximum absolute atomic E-state index is 5.80. The first-order chi connectivity index (χ1) is 12.4. The van der Waals surface area contributed by atoms with Gasteiger partial charge in [0.2, 0.25) is 0 Å². The number of hydrogen-bond acceptors (Lipinski definition) is 3. The van der Waals surface area contributed by atoms with Crippen LogP contribution in [0, 0.1) is 0 Å². The lowest BCUT2D eigenvalue weighted by Crippen LogP contribution is -2.23. The number of anilines is 1. The molecule has 3 nitrogen and oxygen atoms in total. The maximum atomic E-state index is 5.80. The van der Waals surface area contributed by atoms with Gasteiger partial charge in [-0.2, -0.15) is 0 Å². The van der Waals surface area contributed by atoms with E-state index in [4.69, 9.17) is 4.74 Å². The van der Waals surface area contributed by atoms with Gasteiger partial charge in [0.15, 0.2) is 0 Å². The van der Waals surface area contributed by atoms with Crippen molar-refractivity contribution in [2.24, 2.45) is 0 Å². The van der Waals surface area contributed by atoms with Crippen LogP contribution < -0.4 is 15.4 Å². The van der Waals surface area contributed by atoms with Gasteiger partial charge in [-0.15, -0.1) is 0 Å². The van der Waals surface area contributed by atoms with Crippen molar-refractivity contribution in [2.45, 2.75) is 78.1 Å². The van der Waals surface area contributed by atoms with Crippen molar-refractivity contribution in [1.82, 2.24) is 5.32 Å². The molecule has 0 heterocycles. The highest BCUT2D eigenvalue weighted by atomic mass is 16.5. The van der Waals surface area contributed by atoms with E-state index in [-0.39, 0.29) is 0 Å². The molecule has 3 heteroatoms. The van der Waals surface area contributed by atoms with Crippen LogP contribution in [-0.4, -0.2) is 26.2 Å². The Kier molecular flexibility index (Phi) is 14.2. The monoisotopic (exact) mass is 348 g/mol. The zero-order chi connectivity index (χ0) is 18.0. The lowest BCUT2D eigenvalue weighted by molar-refractivity contribution is 0.304. The normalized spacial score (nSPS) is 10.8. The summed E-state index contributed by atoms with van der Waals surface area (Å²) in [6, 6.07) is 8.35. The Labute approximate surface area is 155 Å². The van der Waals surface area contributed by atoms with Crippen molar-refractivity contribution in [1.29, 1.82) is 0 Å². The highest BCUT2D eigenvalue weighted by Crippen LogP contribution is 2.16. The Morgan fingerprint density at radius 1 is 0.680 bits per heavy atom. The summed E-state index contributed by atoms with van der Waals surface area (Å²) in [5.74, 6) is 0.978. The highest BCUT2D eigenvalue weighted by Gasteiger charge is 1.96. The summed E-state index contributed by atoms with van der Waals surface area (Å²) in [6.45, 7) is 8.46. The van der Waals surface area contributed by atoms with E-state index < -0.39 is 0 Å². The largest absolute Gasteiger partial charge is 0.494 e. The van der Waals surface area contributed by atoms with Crippen LogP contribution in [0.3, 0.4) is 0 Å². The summed E-state index contributed by atoms with van der Waals surface area (Å²) >= 11 is 0. The fourth-order valence-corrected chi connectivity index (χ4v) is 2.84. The van der Waals surface area contributed by atoms with Crippen molar-refractivity contribution in [2.75, 3.05) is 31.6 Å². The molecule has 2 N–H and O–H groups in total. The zero-order valence-corrected chi connectivity index (χ0v) is 16.6. The Bertz CT molecular complexity index is 392. The molecular weight excluding hydrogens is 308 g/mol. The van der Waals surface area contributed by atoms with Gasteiger partial charge in [-0.3, -0.25) is 0 Å². The molecule has 1 aromatic rings. The van der Waals surface area contributed by atoms with E-state index in [0.29, 0.717) is 0 Å².